The van der Waals surface area contributed by atoms with Crippen LogP contribution in [0, 0.1) is 13.8 Å². The van der Waals surface area contributed by atoms with Crippen LogP contribution in [0.3, 0.4) is 0 Å². The molecule has 1 unspecified atom stereocenters. The van der Waals surface area contributed by atoms with E-state index in [4.69, 9.17) is 0 Å². The highest BCUT2D eigenvalue weighted by Gasteiger charge is 2.13. The van der Waals surface area contributed by atoms with Crippen LogP contribution < -0.4 is 0 Å². The van der Waals surface area contributed by atoms with Crippen LogP contribution in [0.1, 0.15) is 27.7 Å². The van der Waals surface area contributed by atoms with E-state index < -0.39 is 0 Å². The van der Waals surface area contributed by atoms with Gasteiger partial charge in [0.15, 0.2) is 0 Å². The molecular weight excluding hydrogens is 230 g/mol. The predicted molar refractivity (Wildman–Crippen MR) is 71.6 cm³/mol. The van der Waals surface area contributed by atoms with Crippen molar-refractivity contribution in [2.24, 2.45) is 0 Å². The lowest BCUT2D eigenvalue weighted by Crippen LogP contribution is -2.08. The van der Waals surface area contributed by atoms with Gasteiger partial charge in [-0.3, -0.25) is 0 Å². The Morgan fingerprint density at radius 1 is 1.35 bits per heavy atom. The molecule has 0 spiro atoms. The number of rotatable bonds is 4. The Hall–Kier alpha value is -1.19. The second-order valence-corrected chi connectivity index (χ2v) is 5.42. The molecule has 90 valence electrons. The molecule has 1 aromatic carbocycles. The molecule has 1 heterocycles. The molecule has 1 aromatic heterocycles. The maximum absolute atomic E-state index is 9.51. The fourth-order valence-electron chi connectivity index (χ4n) is 1.97. The molecule has 0 fully saturated rings. The van der Waals surface area contributed by atoms with Gasteiger partial charge in [-0.15, -0.1) is 11.3 Å². The Bertz CT molecular complexity index is 492. The van der Waals surface area contributed by atoms with E-state index >= 15 is 0 Å². The van der Waals surface area contributed by atoms with Crippen LogP contribution in [0.4, 0.5) is 0 Å². The van der Waals surface area contributed by atoms with Gasteiger partial charge in [0.05, 0.1) is 17.3 Å². The first-order valence-corrected chi connectivity index (χ1v) is 6.65. The van der Waals surface area contributed by atoms with E-state index in [1.54, 1.807) is 11.3 Å². The molecular formula is C14H17NOS. The minimum Gasteiger partial charge on any atom is -0.396 e. The molecule has 0 bridgehead atoms. The number of hydrogen-bond donors (Lipinski definition) is 1. The third kappa shape index (κ3) is 3.14. The topological polar surface area (TPSA) is 33.1 Å². The lowest BCUT2D eigenvalue weighted by molar-refractivity contribution is 0.264. The smallest absolute Gasteiger partial charge is 0.0897 e. The van der Waals surface area contributed by atoms with Crippen LogP contribution in [-0.4, -0.2) is 16.7 Å². The molecule has 0 amide bonds. The van der Waals surface area contributed by atoms with E-state index in [-0.39, 0.29) is 12.5 Å². The fourth-order valence-corrected chi connectivity index (χ4v) is 2.59. The summed E-state index contributed by atoms with van der Waals surface area (Å²) in [5.41, 5.74) is 3.50. The number of nitrogens with zero attached hydrogens (tertiary/aromatic N) is 1. The molecule has 2 rings (SSSR count). The SMILES string of the molecule is Cc1cccc(C(CO)Cc2csc(C)n2)c1. The van der Waals surface area contributed by atoms with Gasteiger partial charge in [0.2, 0.25) is 0 Å². The first kappa shape index (κ1) is 12.3. The Morgan fingerprint density at radius 3 is 2.76 bits per heavy atom. The summed E-state index contributed by atoms with van der Waals surface area (Å²) < 4.78 is 0. The summed E-state index contributed by atoms with van der Waals surface area (Å²) in [4.78, 5) is 4.45. The number of benzene rings is 1. The molecule has 17 heavy (non-hydrogen) atoms. The quantitative estimate of drug-likeness (QED) is 0.900. The van der Waals surface area contributed by atoms with E-state index in [9.17, 15) is 5.11 Å². The van der Waals surface area contributed by atoms with Crippen molar-refractivity contribution in [1.29, 1.82) is 0 Å². The number of aliphatic hydroxyl groups excluding tert-OH is 1. The Balaban J connectivity index is 2.16. The van der Waals surface area contributed by atoms with Crippen molar-refractivity contribution in [3.05, 3.63) is 51.5 Å². The standard InChI is InChI=1S/C14H17NOS/c1-10-4-3-5-12(6-10)13(8-16)7-14-9-17-11(2)15-14/h3-6,9,13,16H,7-8H2,1-2H3. The van der Waals surface area contributed by atoms with Crippen LogP contribution in [0.25, 0.3) is 0 Å². The van der Waals surface area contributed by atoms with Crippen molar-refractivity contribution in [3.8, 4) is 0 Å². The van der Waals surface area contributed by atoms with Crippen molar-refractivity contribution >= 4 is 11.3 Å². The average molecular weight is 247 g/mol. The molecule has 0 aliphatic carbocycles. The number of aliphatic hydroxyl groups is 1. The summed E-state index contributed by atoms with van der Waals surface area (Å²) in [7, 11) is 0. The first-order valence-electron chi connectivity index (χ1n) is 5.77. The number of hydrogen-bond acceptors (Lipinski definition) is 3. The molecule has 2 aromatic rings. The van der Waals surface area contributed by atoms with Gasteiger partial charge in [-0.25, -0.2) is 4.98 Å². The summed E-state index contributed by atoms with van der Waals surface area (Å²) in [5.74, 6) is 0.149. The zero-order chi connectivity index (χ0) is 12.3. The first-order chi connectivity index (χ1) is 8.19. The van der Waals surface area contributed by atoms with Crippen molar-refractivity contribution in [1.82, 2.24) is 4.98 Å². The van der Waals surface area contributed by atoms with Crippen molar-refractivity contribution in [2.45, 2.75) is 26.2 Å². The van der Waals surface area contributed by atoms with Crippen LogP contribution in [0.5, 0.6) is 0 Å². The third-order valence-corrected chi connectivity index (χ3v) is 3.68. The lowest BCUT2D eigenvalue weighted by atomic mass is 9.94. The molecule has 0 radical (unpaired) electrons. The second kappa shape index (κ2) is 5.43. The predicted octanol–water partition coefficient (Wildman–Crippen LogP) is 3.08. The van der Waals surface area contributed by atoms with E-state index in [1.807, 2.05) is 13.0 Å². The van der Waals surface area contributed by atoms with E-state index in [2.05, 4.69) is 35.5 Å². The van der Waals surface area contributed by atoms with Crippen molar-refractivity contribution in [2.75, 3.05) is 6.61 Å². The normalized spacial score (nSPS) is 12.6. The van der Waals surface area contributed by atoms with Gasteiger partial charge >= 0.3 is 0 Å². The number of aryl methyl sites for hydroxylation is 2. The maximum Gasteiger partial charge on any atom is 0.0897 e. The number of thiazole rings is 1. The summed E-state index contributed by atoms with van der Waals surface area (Å²) in [5, 5.41) is 12.7. The van der Waals surface area contributed by atoms with Gasteiger partial charge in [0, 0.05) is 11.3 Å². The largest absolute Gasteiger partial charge is 0.396 e. The summed E-state index contributed by atoms with van der Waals surface area (Å²) in [6, 6.07) is 8.33. The highest BCUT2D eigenvalue weighted by molar-refractivity contribution is 7.09. The molecule has 1 atom stereocenters. The van der Waals surface area contributed by atoms with E-state index in [1.165, 1.54) is 11.1 Å². The minimum absolute atomic E-state index is 0.149. The zero-order valence-electron chi connectivity index (χ0n) is 10.2. The van der Waals surface area contributed by atoms with Crippen LogP contribution in [0.2, 0.25) is 0 Å². The molecule has 0 aliphatic heterocycles. The maximum atomic E-state index is 9.51. The minimum atomic E-state index is 0.149. The summed E-state index contributed by atoms with van der Waals surface area (Å²) in [6.45, 7) is 4.25. The summed E-state index contributed by atoms with van der Waals surface area (Å²) >= 11 is 1.66. The van der Waals surface area contributed by atoms with Crippen molar-refractivity contribution < 1.29 is 5.11 Å². The highest BCUT2D eigenvalue weighted by Crippen LogP contribution is 2.22. The molecule has 0 saturated heterocycles. The van der Waals surface area contributed by atoms with Crippen LogP contribution in [0.15, 0.2) is 29.6 Å². The Labute approximate surface area is 106 Å². The summed E-state index contributed by atoms with van der Waals surface area (Å²) in [6.07, 6.45) is 0.810. The molecule has 1 N–H and O–H groups in total. The Kier molecular flexibility index (Phi) is 3.92. The van der Waals surface area contributed by atoms with Gasteiger partial charge < -0.3 is 5.11 Å². The average Bonchev–Trinajstić information content (AvgIpc) is 2.72. The van der Waals surface area contributed by atoms with Crippen molar-refractivity contribution in [3.63, 3.8) is 0 Å². The van der Waals surface area contributed by atoms with E-state index in [0.29, 0.717) is 0 Å². The van der Waals surface area contributed by atoms with E-state index in [0.717, 1.165) is 17.1 Å². The Morgan fingerprint density at radius 2 is 2.18 bits per heavy atom. The monoisotopic (exact) mass is 247 g/mol. The fraction of sp³-hybridized carbons (Fsp3) is 0.357. The molecule has 3 heteroatoms. The zero-order valence-corrected chi connectivity index (χ0v) is 11.0. The van der Waals surface area contributed by atoms with Gasteiger partial charge in [-0.2, -0.15) is 0 Å². The van der Waals surface area contributed by atoms with Crippen LogP contribution in [-0.2, 0) is 6.42 Å². The molecule has 0 aliphatic rings. The van der Waals surface area contributed by atoms with Gasteiger partial charge in [-0.1, -0.05) is 29.8 Å². The third-order valence-electron chi connectivity index (χ3n) is 2.86. The van der Waals surface area contributed by atoms with Gasteiger partial charge in [-0.05, 0) is 25.8 Å². The molecule has 2 nitrogen and oxygen atoms in total. The highest BCUT2D eigenvalue weighted by atomic mass is 32.1. The van der Waals surface area contributed by atoms with Gasteiger partial charge in [0.25, 0.3) is 0 Å². The lowest BCUT2D eigenvalue weighted by Gasteiger charge is -2.13. The second-order valence-electron chi connectivity index (χ2n) is 4.36. The molecule has 0 saturated carbocycles. The van der Waals surface area contributed by atoms with Gasteiger partial charge in [0.1, 0.15) is 0 Å². The van der Waals surface area contributed by atoms with Crippen LogP contribution >= 0.6 is 11.3 Å². The number of aromatic nitrogens is 1.